The molecule has 0 unspecified atom stereocenters. The van der Waals surface area contributed by atoms with E-state index in [0.29, 0.717) is 12.5 Å². The van der Waals surface area contributed by atoms with Gasteiger partial charge in [0.15, 0.2) is 0 Å². The molecule has 0 amide bonds. The van der Waals surface area contributed by atoms with Crippen LogP contribution >= 0.6 is 0 Å². The van der Waals surface area contributed by atoms with Crippen LogP contribution in [0.4, 0.5) is 0 Å². The van der Waals surface area contributed by atoms with Crippen molar-refractivity contribution in [2.45, 2.75) is 19.4 Å². The molecular weight excluding hydrogens is 336 g/mol. The average Bonchev–Trinajstić information content (AvgIpc) is 3.08. The van der Waals surface area contributed by atoms with E-state index in [-0.39, 0.29) is 6.04 Å². The van der Waals surface area contributed by atoms with Crippen LogP contribution in [0.1, 0.15) is 11.1 Å². The molecule has 4 rings (SSSR count). The van der Waals surface area contributed by atoms with Gasteiger partial charge < -0.3 is 15.5 Å². The first kappa shape index (κ1) is 17.2. The van der Waals surface area contributed by atoms with E-state index in [4.69, 9.17) is 10.5 Å². The van der Waals surface area contributed by atoms with E-state index < -0.39 is 0 Å². The van der Waals surface area contributed by atoms with Crippen LogP contribution in [0.3, 0.4) is 0 Å². The second-order valence-corrected chi connectivity index (χ2v) is 6.74. The van der Waals surface area contributed by atoms with Crippen molar-refractivity contribution in [1.82, 2.24) is 15.0 Å². The first-order valence-electron chi connectivity index (χ1n) is 9.01. The molecule has 0 aliphatic rings. The van der Waals surface area contributed by atoms with Crippen molar-refractivity contribution in [2.75, 3.05) is 6.61 Å². The van der Waals surface area contributed by atoms with Crippen molar-refractivity contribution in [3.8, 4) is 17.1 Å². The van der Waals surface area contributed by atoms with E-state index in [0.717, 1.165) is 23.2 Å². The maximum Gasteiger partial charge on any atom is 0.232 e. The Hall–Kier alpha value is -3.18. The van der Waals surface area contributed by atoms with Crippen LogP contribution in [-0.4, -0.2) is 27.6 Å². The lowest BCUT2D eigenvalue weighted by Crippen LogP contribution is -2.30. The van der Waals surface area contributed by atoms with Gasteiger partial charge in [-0.1, -0.05) is 36.4 Å². The summed E-state index contributed by atoms with van der Waals surface area (Å²) in [4.78, 5) is 12.1. The summed E-state index contributed by atoms with van der Waals surface area (Å²) in [5, 5.41) is 1.19. The molecule has 0 bridgehead atoms. The molecule has 0 spiro atoms. The molecule has 2 aromatic heterocycles. The maximum atomic E-state index is 6.19. The minimum absolute atomic E-state index is 0.100. The second kappa shape index (κ2) is 7.60. The highest BCUT2D eigenvalue weighted by atomic mass is 16.5. The average molecular weight is 358 g/mol. The van der Waals surface area contributed by atoms with Crippen LogP contribution in [0, 0.1) is 6.92 Å². The number of aromatic amines is 1. The first-order valence-corrected chi connectivity index (χ1v) is 9.01. The Bertz CT molecular complexity index is 1040. The fraction of sp³-hybridized carbons (Fsp3) is 0.182. The van der Waals surface area contributed by atoms with Crippen LogP contribution in [0.25, 0.3) is 22.2 Å². The number of H-pyrrole nitrogens is 1. The van der Waals surface area contributed by atoms with Gasteiger partial charge in [-0.2, -0.15) is 0 Å². The Balaban J connectivity index is 1.46. The van der Waals surface area contributed by atoms with Crippen molar-refractivity contribution in [2.24, 2.45) is 5.73 Å². The van der Waals surface area contributed by atoms with Gasteiger partial charge in [0.1, 0.15) is 6.61 Å². The number of aromatic nitrogens is 3. The van der Waals surface area contributed by atoms with Gasteiger partial charge in [0.25, 0.3) is 0 Å². The molecule has 2 heterocycles. The van der Waals surface area contributed by atoms with Crippen LogP contribution in [-0.2, 0) is 6.42 Å². The lowest BCUT2D eigenvalue weighted by atomic mass is 10.1. The quantitative estimate of drug-likeness (QED) is 0.548. The molecule has 136 valence electrons. The van der Waals surface area contributed by atoms with Crippen molar-refractivity contribution < 1.29 is 4.74 Å². The highest BCUT2D eigenvalue weighted by Crippen LogP contribution is 2.25. The third-order valence-electron chi connectivity index (χ3n) is 4.58. The molecular formula is C22H22N4O. The Morgan fingerprint density at radius 1 is 1.11 bits per heavy atom. The molecule has 5 nitrogen and oxygen atoms in total. The van der Waals surface area contributed by atoms with Crippen LogP contribution in [0.5, 0.6) is 5.88 Å². The van der Waals surface area contributed by atoms with Crippen LogP contribution in [0.15, 0.2) is 67.1 Å². The summed E-state index contributed by atoms with van der Waals surface area (Å²) in [6.45, 7) is 2.48. The molecule has 27 heavy (non-hydrogen) atoms. The maximum absolute atomic E-state index is 6.19. The summed E-state index contributed by atoms with van der Waals surface area (Å²) < 4.78 is 5.79. The monoisotopic (exact) mass is 358 g/mol. The van der Waals surface area contributed by atoms with E-state index in [2.05, 4.69) is 46.1 Å². The molecule has 4 aromatic rings. The van der Waals surface area contributed by atoms with E-state index in [1.54, 1.807) is 12.4 Å². The van der Waals surface area contributed by atoms with Crippen LogP contribution < -0.4 is 10.5 Å². The van der Waals surface area contributed by atoms with Gasteiger partial charge in [0.05, 0.1) is 18.1 Å². The van der Waals surface area contributed by atoms with Crippen molar-refractivity contribution >= 4 is 10.9 Å². The van der Waals surface area contributed by atoms with Gasteiger partial charge in [-0.15, -0.1) is 0 Å². The summed E-state index contributed by atoms with van der Waals surface area (Å²) in [5.74, 6) is 0.488. The predicted octanol–water partition coefficient (Wildman–Crippen LogP) is 3.88. The highest BCUT2D eigenvalue weighted by molar-refractivity contribution is 5.87. The zero-order chi connectivity index (χ0) is 18.6. The van der Waals surface area contributed by atoms with E-state index in [1.807, 2.05) is 30.5 Å². The number of rotatable bonds is 6. The highest BCUT2D eigenvalue weighted by Gasteiger charge is 2.09. The molecule has 0 radical (unpaired) electrons. The molecule has 5 heteroatoms. The smallest absolute Gasteiger partial charge is 0.232 e. The normalized spacial score (nSPS) is 12.2. The Labute approximate surface area is 158 Å². The number of fused-ring (bicyclic) bond motifs is 1. The lowest BCUT2D eigenvalue weighted by molar-refractivity contribution is 0.276. The van der Waals surface area contributed by atoms with E-state index in [9.17, 15) is 0 Å². The predicted molar refractivity (Wildman–Crippen MR) is 108 cm³/mol. The number of benzene rings is 2. The number of nitrogens with zero attached hydrogens (tertiary/aromatic N) is 2. The summed E-state index contributed by atoms with van der Waals surface area (Å²) in [5.41, 5.74) is 11.5. The minimum atomic E-state index is -0.100. The number of hydrogen-bond acceptors (Lipinski definition) is 4. The topological polar surface area (TPSA) is 76.8 Å². The second-order valence-electron chi connectivity index (χ2n) is 6.74. The van der Waals surface area contributed by atoms with Gasteiger partial charge in [-0.05, 0) is 36.6 Å². The standard InChI is InChI=1S/C22H22N4O/c1-15-11-25-20-8-7-17(10-19(15)20)21-12-24-13-22(26-21)27-14-18(23)9-16-5-3-2-4-6-16/h2-8,10-13,18,25H,9,14,23H2,1H3/t18-/m1/s1. The lowest BCUT2D eigenvalue weighted by Gasteiger charge is -2.13. The van der Waals surface area contributed by atoms with Gasteiger partial charge >= 0.3 is 0 Å². The molecule has 1 atom stereocenters. The number of nitrogens with one attached hydrogen (secondary N) is 1. The number of nitrogens with two attached hydrogens (primary N) is 1. The molecule has 0 saturated carbocycles. The third kappa shape index (κ3) is 3.99. The van der Waals surface area contributed by atoms with Gasteiger partial charge in [0, 0.05) is 28.7 Å². The summed E-state index contributed by atoms with van der Waals surface area (Å²) >= 11 is 0. The molecule has 0 aliphatic carbocycles. The largest absolute Gasteiger partial charge is 0.475 e. The fourth-order valence-corrected chi connectivity index (χ4v) is 3.14. The molecule has 3 N–H and O–H groups in total. The molecule has 0 aliphatic heterocycles. The Morgan fingerprint density at radius 3 is 2.81 bits per heavy atom. The number of hydrogen-bond donors (Lipinski definition) is 2. The van der Waals surface area contributed by atoms with E-state index >= 15 is 0 Å². The molecule has 0 fully saturated rings. The minimum Gasteiger partial charge on any atom is -0.475 e. The van der Waals surface area contributed by atoms with Crippen molar-refractivity contribution in [1.29, 1.82) is 0 Å². The zero-order valence-electron chi connectivity index (χ0n) is 15.2. The summed E-state index contributed by atoms with van der Waals surface area (Å²) in [6, 6.07) is 16.3. The van der Waals surface area contributed by atoms with Gasteiger partial charge in [0.2, 0.25) is 5.88 Å². The Morgan fingerprint density at radius 2 is 1.96 bits per heavy atom. The van der Waals surface area contributed by atoms with E-state index in [1.165, 1.54) is 16.5 Å². The summed E-state index contributed by atoms with van der Waals surface area (Å²) in [6.07, 6.45) is 6.14. The van der Waals surface area contributed by atoms with Crippen molar-refractivity contribution in [3.63, 3.8) is 0 Å². The number of ether oxygens (including phenoxy) is 1. The Kier molecular flexibility index (Phi) is 4.85. The van der Waals surface area contributed by atoms with Crippen molar-refractivity contribution in [3.05, 3.63) is 78.2 Å². The van der Waals surface area contributed by atoms with Gasteiger partial charge in [-0.3, -0.25) is 4.98 Å². The van der Waals surface area contributed by atoms with Gasteiger partial charge in [-0.25, -0.2) is 4.98 Å². The first-order chi connectivity index (χ1) is 13.2. The number of aryl methyl sites for hydroxylation is 1. The SMILES string of the molecule is Cc1c[nH]c2ccc(-c3cncc(OC[C@H](N)Cc4ccccc4)n3)cc12. The third-order valence-corrected chi connectivity index (χ3v) is 4.58. The molecule has 2 aromatic carbocycles. The zero-order valence-corrected chi connectivity index (χ0v) is 15.2. The molecule has 0 saturated heterocycles. The fourth-order valence-electron chi connectivity index (χ4n) is 3.14. The van der Waals surface area contributed by atoms with Crippen LogP contribution in [0.2, 0.25) is 0 Å². The summed E-state index contributed by atoms with van der Waals surface area (Å²) in [7, 11) is 0.